The van der Waals surface area contributed by atoms with E-state index in [0.717, 1.165) is 7.11 Å². The molecule has 0 bridgehead atoms. The summed E-state index contributed by atoms with van der Waals surface area (Å²) in [6, 6.07) is -2.71. The molecule has 0 saturated carbocycles. The Labute approximate surface area is 82.0 Å². The summed E-state index contributed by atoms with van der Waals surface area (Å²) >= 11 is 0. The molecule has 0 spiro atoms. The molecule has 0 unspecified atom stereocenters. The molecule has 0 aromatic heterocycles. The summed E-state index contributed by atoms with van der Waals surface area (Å²) in [6.07, 6.45) is -3.10. The maximum Gasteiger partial charge on any atom is 0.305 e. The maximum absolute atomic E-state index is 11.2. The van der Waals surface area contributed by atoms with Gasteiger partial charge in [0.15, 0.2) is 0 Å². The number of methoxy groups -OCH3 is 1. The van der Waals surface area contributed by atoms with E-state index in [2.05, 4.69) is 4.74 Å². The third-order valence-electron chi connectivity index (χ3n) is 1.15. The van der Waals surface area contributed by atoms with Crippen molar-refractivity contribution in [2.75, 3.05) is 7.11 Å². The molecular formula is C10H12O2. The SMILES string of the molecule is [2H]c1c([2H])c([2H])c(CC([2H])([2H])C(=O)OC)c([2H])c1[2H]. The van der Waals surface area contributed by atoms with Crippen LogP contribution in [-0.4, -0.2) is 13.1 Å². The van der Waals surface area contributed by atoms with Gasteiger partial charge in [-0.25, -0.2) is 0 Å². The Morgan fingerprint density at radius 2 is 2.25 bits per heavy atom. The van der Waals surface area contributed by atoms with E-state index in [1.807, 2.05) is 0 Å². The predicted molar refractivity (Wildman–Crippen MR) is 46.8 cm³/mol. The highest BCUT2D eigenvalue weighted by Gasteiger charge is 1.99. The molecule has 0 aliphatic heterocycles. The van der Waals surface area contributed by atoms with Gasteiger partial charge in [-0.1, -0.05) is 30.2 Å². The summed E-state index contributed by atoms with van der Waals surface area (Å²) in [4.78, 5) is 11.2. The first-order valence-electron chi connectivity index (χ1n) is 6.77. The van der Waals surface area contributed by atoms with Crippen LogP contribution >= 0.6 is 0 Å². The fourth-order valence-corrected chi connectivity index (χ4v) is 0.597. The Hall–Kier alpha value is -1.31. The molecule has 2 heteroatoms. The average Bonchev–Trinajstić information content (AvgIpc) is 2.38. The molecule has 0 heterocycles. The molecule has 2 nitrogen and oxygen atoms in total. The molecule has 64 valence electrons. The van der Waals surface area contributed by atoms with Gasteiger partial charge in [-0.15, -0.1) is 0 Å². The lowest BCUT2D eigenvalue weighted by Crippen LogP contribution is -2.01. The third kappa shape index (κ3) is 2.74. The molecule has 12 heavy (non-hydrogen) atoms. The largest absolute Gasteiger partial charge is 0.469 e. The van der Waals surface area contributed by atoms with E-state index in [4.69, 9.17) is 9.60 Å². The summed E-state index contributed by atoms with van der Waals surface area (Å²) in [7, 11) is 1.02. The van der Waals surface area contributed by atoms with E-state index >= 15 is 0 Å². The van der Waals surface area contributed by atoms with Gasteiger partial charge in [-0.3, -0.25) is 4.79 Å². The first-order valence-corrected chi connectivity index (χ1v) is 3.27. The zero-order valence-corrected chi connectivity index (χ0v) is 6.52. The van der Waals surface area contributed by atoms with Crippen LogP contribution in [0.3, 0.4) is 0 Å². The van der Waals surface area contributed by atoms with Gasteiger partial charge in [0.1, 0.15) is 0 Å². The quantitative estimate of drug-likeness (QED) is 0.648. The number of hydrogen-bond acceptors (Lipinski definition) is 2. The summed E-state index contributed by atoms with van der Waals surface area (Å²) in [5, 5.41) is 0. The van der Waals surface area contributed by atoms with E-state index in [1.165, 1.54) is 0 Å². The van der Waals surface area contributed by atoms with E-state index < -0.39 is 49.0 Å². The molecule has 0 radical (unpaired) electrons. The van der Waals surface area contributed by atoms with Crippen molar-refractivity contribution in [1.29, 1.82) is 0 Å². The molecular weight excluding hydrogens is 152 g/mol. The zero-order chi connectivity index (χ0) is 15.0. The molecule has 0 aliphatic carbocycles. The Bertz CT molecular complexity index is 498. The molecule has 0 saturated heterocycles. The molecule has 0 aliphatic rings. The van der Waals surface area contributed by atoms with Crippen LogP contribution in [0.4, 0.5) is 0 Å². The highest BCUT2D eigenvalue weighted by Crippen LogP contribution is 2.02. The lowest BCUT2D eigenvalue weighted by Gasteiger charge is -1.98. The second kappa shape index (κ2) is 4.54. The van der Waals surface area contributed by atoms with Crippen molar-refractivity contribution in [3.8, 4) is 0 Å². The fraction of sp³-hybridized carbons (Fsp3) is 0.300. The Morgan fingerprint density at radius 1 is 1.58 bits per heavy atom. The van der Waals surface area contributed by atoms with Crippen molar-refractivity contribution < 1.29 is 19.1 Å². The van der Waals surface area contributed by atoms with Gasteiger partial charge in [0.05, 0.1) is 14.0 Å². The first-order chi connectivity index (χ1) is 8.63. The first kappa shape index (κ1) is 3.21. The predicted octanol–water partition coefficient (Wildman–Crippen LogP) is 1.79. The van der Waals surface area contributed by atoms with Crippen molar-refractivity contribution in [1.82, 2.24) is 0 Å². The van der Waals surface area contributed by atoms with Crippen molar-refractivity contribution in [2.45, 2.75) is 12.8 Å². The van der Waals surface area contributed by atoms with E-state index in [-0.39, 0.29) is 5.56 Å². The molecule has 0 atom stereocenters. The maximum atomic E-state index is 11.2. The second-order valence-electron chi connectivity index (χ2n) is 1.95. The Kier molecular flexibility index (Phi) is 1.21. The Morgan fingerprint density at radius 3 is 2.83 bits per heavy atom. The van der Waals surface area contributed by atoms with Crippen molar-refractivity contribution in [3.63, 3.8) is 0 Å². The van der Waals surface area contributed by atoms with Crippen LogP contribution in [-0.2, 0) is 16.0 Å². The number of ether oxygens (including phenoxy) is 1. The van der Waals surface area contributed by atoms with Crippen LogP contribution in [0.2, 0.25) is 0 Å². The van der Waals surface area contributed by atoms with E-state index in [1.54, 1.807) is 0 Å². The summed E-state index contributed by atoms with van der Waals surface area (Å²) < 4.78 is 56.9. The number of carbonyl (C=O) groups excluding carboxylic acids is 1. The van der Waals surface area contributed by atoms with E-state index in [9.17, 15) is 4.79 Å². The monoisotopic (exact) mass is 171 g/mol. The summed E-state index contributed by atoms with van der Waals surface area (Å²) in [5.41, 5.74) is -0.249. The van der Waals surface area contributed by atoms with Crippen LogP contribution < -0.4 is 0 Å². The van der Waals surface area contributed by atoms with Crippen LogP contribution in [0, 0.1) is 0 Å². The van der Waals surface area contributed by atoms with Gasteiger partial charge in [-0.05, 0) is 12.0 Å². The normalized spacial score (nSPS) is 18.9. The third-order valence-corrected chi connectivity index (χ3v) is 1.15. The van der Waals surface area contributed by atoms with Gasteiger partial charge in [0.25, 0.3) is 0 Å². The van der Waals surface area contributed by atoms with Crippen LogP contribution in [0.5, 0.6) is 0 Å². The minimum Gasteiger partial charge on any atom is -0.469 e. The minimum absolute atomic E-state index is 0.249. The number of hydrogen-bond donors (Lipinski definition) is 0. The van der Waals surface area contributed by atoms with Gasteiger partial charge in [-0.2, -0.15) is 0 Å². The zero-order valence-electron chi connectivity index (χ0n) is 13.5. The molecule has 1 rings (SSSR count). The van der Waals surface area contributed by atoms with Gasteiger partial charge in [0.2, 0.25) is 0 Å². The summed E-state index contributed by atoms with van der Waals surface area (Å²) in [6.45, 7) is 0. The van der Waals surface area contributed by atoms with Crippen molar-refractivity contribution >= 4 is 5.97 Å². The average molecular weight is 171 g/mol. The van der Waals surface area contributed by atoms with Crippen LogP contribution in [0.25, 0.3) is 0 Å². The number of carbonyl (C=O) groups is 1. The van der Waals surface area contributed by atoms with Gasteiger partial charge >= 0.3 is 5.97 Å². The van der Waals surface area contributed by atoms with Gasteiger partial charge < -0.3 is 4.74 Å². The lowest BCUT2D eigenvalue weighted by molar-refractivity contribution is -0.140. The number of esters is 1. The molecule has 0 N–H and O–H groups in total. The topological polar surface area (TPSA) is 26.3 Å². The van der Waals surface area contributed by atoms with E-state index in [0.29, 0.717) is 0 Å². The molecule has 1 aromatic rings. The summed E-state index contributed by atoms with van der Waals surface area (Å²) in [5.74, 6) is -1.15. The van der Waals surface area contributed by atoms with Crippen molar-refractivity contribution in [2.24, 2.45) is 0 Å². The second-order valence-corrected chi connectivity index (χ2v) is 1.95. The highest BCUT2D eigenvalue weighted by molar-refractivity contribution is 5.69. The standard InChI is InChI=1S/C10H12O2/c1-12-10(11)8-7-9-5-3-2-4-6-9/h2-6H,7-8H2,1H3/i2D,3D,4D,5D,6D,8D2. The number of benzene rings is 1. The Balaban J connectivity index is 3.34. The minimum atomic E-state index is -2.46. The smallest absolute Gasteiger partial charge is 0.305 e. The molecule has 0 fully saturated rings. The van der Waals surface area contributed by atoms with Crippen LogP contribution in [0.15, 0.2) is 30.2 Å². The van der Waals surface area contributed by atoms with Crippen LogP contribution in [0.1, 0.15) is 21.5 Å². The molecule has 0 amide bonds. The van der Waals surface area contributed by atoms with Gasteiger partial charge in [0, 0.05) is 9.11 Å². The molecule has 1 aromatic carbocycles. The number of rotatable bonds is 3. The highest BCUT2D eigenvalue weighted by atomic mass is 16.5. The van der Waals surface area contributed by atoms with Crippen molar-refractivity contribution in [3.05, 3.63) is 35.8 Å². The fourth-order valence-electron chi connectivity index (χ4n) is 0.597. The lowest BCUT2D eigenvalue weighted by atomic mass is 10.1.